The van der Waals surface area contributed by atoms with Crippen LogP contribution in [0.3, 0.4) is 0 Å². The molecular formula is C25H30ClN5O2. The number of rotatable bonds is 6. The topological polar surface area (TPSA) is 80.5 Å². The molecule has 174 valence electrons. The summed E-state index contributed by atoms with van der Waals surface area (Å²) in [6, 6.07) is 10.9. The molecule has 0 radical (unpaired) electrons. The molecule has 2 aromatic carbocycles. The molecule has 0 unspecified atom stereocenters. The number of carbonyl (C=O) groups excluding carboxylic acids is 1. The summed E-state index contributed by atoms with van der Waals surface area (Å²) in [6.07, 6.45) is 0. The summed E-state index contributed by atoms with van der Waals surface area (Å²) in [5, 5.41) is 11.2. The molecule has 7 nitrogen and oxygen atoms in total. The van der Waals surface area contributed by atoms with Gasteiger partial charge < -0.3 is 10.1 Å². The summed E-state index contributed by atoms with van der Waals surface area (Å²) < 4.78 is 7.38. The van der Waals surface area contributed by atoms with Crippen molar-refractivity contribution in [2.24, 2.45) is 4.99 Å². The van der Waals surface area contributed by atoms with E-state index in [1.165, 1.54) is 0 Å². The summed E-state index contributed by atoms with van der Waals surface area (Å²) in [7, 11) is 1.57. The van der Waals surface area contributed by atoms with Gasteiger partial charge in [0.05, 0.1) is 25.0 Å². The number of aromatic nitrogens is 2. The molecule has 2 N–H and O–H groups in total. The lowest BCUT2D eigenvalue weighted by Gasteiger charge is -2.15. The molecule has 0 saturated heterocycles. The van der Waals surface area contributed by atoms with Crippen molar-refractivity contribution in [2.75, 3.05) is 12.4 Å². The maximum Gasteiger partial charge on any atom is 0.257 e. The van der Waals surface area contributed by atoms with E-state index in [9.17, 15) is 4.79 Å². The average Bonchev–Trinajstić information content (AvgIpc) is 3.04. The van der Waals surface area contributed by atoms with E-state index in [2.05, 4.69) is 22.7 Å². The number of nitrogens with one attached hydrogen (secondary N) is 2. The first-order valence-electron chi connectivity index (χ1n) is 10.8. The molecule has 1 heterocycles. The van der Waals surface area contributed by atoms with Crippen LogP contribution in [0, 0.1) is 27.7 Å². The molecule has 3 rings (SSSR count). The number of anilines is 1. The van der Waals surface area contributed by atoms with Crippen molar-refractivity contribution in [3.63, 3.8) is 0 Å². The average molecular weight is 468 g/mol. The maximum absolute atomic E-state index is 13.1. The van der Waals surface area contributed by atoms with Gasteiger partial charge in [-0.25, -0.2) is 4.99 Å². The number of benzene rings is 2. The molecule has 0 aliphatic rings. The van der Waals surface area contributed by atoms with E-state index in [-0.39, 0.29) is 5.91 Å². The van der Waals surface area contributed by atoms with Gasteiger partial charge in [-0.3, -0.25) is 14.8 Å². The van der Waals surface area contributed by atoms with E-state index in [0.717, 1.165) is 34.6 Å². The van der Waals surface area contributed by atoms with Gasteiger partial charge in [0, 0.05) is 28.4 Å². The predicted molar refractivity (Wildman–Crippen MR) is 134 cm³/mol. The van der Waals surface area contributed by atoms with Crippen LogP contribution in [-0.4, -0.2) is 28.8 Å². The Morgan fingerprint density at radius 3 is 2.42 bits per heavy atom. The SMILES string of the molecule is CCn1nc(C)c(CN=C(NC(=O)c2cc(C)cc(C)c2)Nc2cc(Cl)ccc2OC)c1C. The summed E-state index contributed by atoms with van der Waals surface area (Å²) in [5.74, 6) is 0.619. The van der Waals surface area contributed by atoms with E-state index in [1.54, 1.807) is 25.3 Å². The zero-order valence-corrected chi connectivity index (χ0v) is 20.7. The molecule has 3 aromatic rings. The lowest BCUT2D eigenvalue weighted by molar-refractivity contribution is 0.0976. The van der Waals surface area contributed by atoms with Crippen LogP contribution in [0.2, 0.25) is 5.02 Å². The molecule has 8 heteroatoms. The van der Waals surface area contributed by atoms with E-state index < -0.39 is 0 Å². The molecule has 0 atom stereocenters. The third kappa shape index (κ3) is 5.93. The van der Waals surface area contributed by atoms with Crippen molar-refractivity contribution in [1.29, 1.82) is 0 Å². The first-order valence-corrected chi connectivity index (χ1v) is 11.2. The van der Waals surface area contributed by atoms with Crippen molar-refractivity contribution in [3.8, 4) is 5.75 Å². The van der Waals surface area contributed by atoms with Crippen LogP contribution >= 0.6 is 11.6 Å². The fraction of sp³-hybridized carbons (Fsp3) is 0.320. The van der Waals surface area contributed by atoms with Crippen LogP contribution in [0.15, 0.2) is 41.4 Å². The van der Waals surface area contributed by atoms with Gasteiger partial charge in [0.25, 0.3) is 5.91 Å². The van der Waals surface area contributed by atoms with Crippen LogP contribution < -0.4 is 15.4 Å². The zero-order valence-electron chi connectivity index (χ0n) is 19.9. The van der Waals surface area contributed by atoms with Gasteiger partial charge in [-0.2, -0.15) is 5.10 Å². The fourth-order valence-corrected chi connectivity index (χ4v) is 3.90. The Hall–Kier alpha value is -3.32. The standard InChI is InChI=1S/C25H30ClN5O2/c1-7-31-18(5)21(17(4)30-31)14-27-25(28-22-13-20(26)8-9-23(22)33-6)29-24(32)19-11-15(2)10-16(3)12-19/h8-13H,7,14H2,1-6H3,(H2,27,28,29,32). The molecule has 33 heavy (non-hydrogen) atoms. The smallest absolute Gasteiger partial charge is 0.257 e. The van der Waals surface area contributed by atoms with Crippen LogP contribution in [0.25, 0.3) is 0 Å². The van der Waals surface area contributed by atoms with Crippen molar-refractivity contribution >= 4 is 29.2 Å². The normalized spacial score (nSPS) is 11.4. The zero-order chi connectivity index (χ0) is 24.1. The number of hydrogen-bond donors (Lipinski definition) is 2. The highest BCUT2D eigenvalue weighted by atomic mass is 35.5. The van der Waals surface area contributed by atoms with Crippen molar-refractivity contribution < 1.29 is 9.53 Å². The number of aryl methyl sites for hydroxylation is 4. The molecule has 0 saturated carbocycles. The minimum Gasteiger partial charge on any atom is -0.495 e. The van der Waals surface area contributed by atoms with Crippen molar-refractivity contribution in [1.82, 2.24) is 15.1 Å². The monoisotopic (exact) mass is 467 g/mol. The van der Waals surface area contributed by atoms with E-state index in [4.69, 9.17) is 21.3 Å². The molecule has 0 spiro atoms. The van der Waals surface area contributed by atoms with E-state index >= 15 is 0 Å². The quantitative estimate of drug-likeness (QED) is 0.386. The van der Waals surface area contributed by atoms with Gasteiger partial charge in [0.1, 0.15) is 5.75 Å². The molecule has 0 aliphatic heterocycles. The van der Waals surface area contributed by atoms with Crippen LogP contribution in [0.1, 0.15) is 45.4 Å². The van der Waals surface area contributed by atoms with Crippen molar-refractivity contribution in [3.05, 3.63) is 75.1 Å². The molecule has 0 fully saturated rings. The number of amides is 1. The Morgan fingerprint density at radius 1 is 1.12 bits per heavy atom. The Balaban J connectivity index is 1.95. The molecule has 0 bridgehead atoms. The minimum atomic E-state index is -0.258. The number of guanidine groups is 1. The Bertz CT molecular complexity index is 1180. The highest BCUT2D eigenvalue weighted by molar-refractivity contribution is 6.31. The molecule has 1 aromatic heterocycles. The van der Waals surface area contributed by atoms with E-state index in [0.29, 0.717) is 34.5 Å². The number of nitrogens with zero attached hydrogens (tertiary/aromatic N) is 3. The molecule has 0 aliphatic carbocycles. The highest BCUT2D eigenvalue weighted by Gasteiger charge is 2.15. The van der Waals surface area contributed by atoms with Gasteiger partial charge in [0.15, 0.2) is 0 Å². The Morgan fingerprint density at radius 2 is 1.82 bits per heavy atom. The summed E-state index contributed by atoms with van der Waals surface area (Å²) in [4.78, 5) is 17.8. The minimum absolute atomic E-state index is 0.258. The summed E-state index contributed by atoms with van der Waals surface area (Å²) >= 11 is 6.19. The van der Waals surface area contributed by atoms with Gasteiger partial charge in [0.2, 0.25) is 5.96 Å². The molecular weight excluding hydrogens is 438 g/mol. The fourth-order valence-electron chi connectivity index (χ4n) is 3.73. The van der Waals surface area contributed by atoms with Crippen LogP contribution in [0.5, 0.6) is 5.75 Å². The molecule has 1 amide bonds. The van der Waals surface area contributed by atoms with Gasteiger partial charge >= 0.3 is 0 Å². The third-order valence-corrected chi connectivity index (χ3v) is 5.59. The lowest BCUT2D eigenvalue weighted by atomic mass is 10.1. The number of ether oxygens (including phenoxy) is 1. The predicted octanol–water partition coefficient (Wildman–Crippen LogP) is 5.20. The second-order valence-electron chi connectivity index (χ2n) is 7.93. The highest BCUT2D eigenvalue weighted by Crippen LogP contribution is 2.27. The second kappa shape index (κ2) is 10.5. The van der Waals surface area contributed by atoms with E-state index in [1.807, 2.05) is 50.6 Å². The van der Waals surface area contributed by atoms with Crippen molar-refractivity contribution in [2.45, 2.75) is 47.7 Å². The van der Waals surface area contributed by atoms with Gasteiger partial charge in [-0.15, -0.1) is 0 Å². The first kappa shape index (κ1) is 24.3. The van der Waals surface area contributed by atoms with Crippen LogP contribution in [0.4, 0.5) is 5.69 Å². The largest absolute Gasteiger partial charge is 0.495 e. The second-order valence-corrected chi connectivity index (χ2v) is 8.37. The Labute approximate surface area is 199 Å². The summed E-state index contributed by atoms with van der Waals surface area (Å²) in [6.45, 7) is 11.1. The number of methoxy groups -OCH3 is 1. The van der Waals surface area contributed by atoms with Gasteiger partial charge in [-0.05, 0) is 65.0 Å². The van der Waals surface area contributed by atoms with Crippen LogP contribution in [-0.2, 0) is 13.1 Å². The van der Waals surface area contributed by atoms with Gasteiger partial charge in [-0.1, -0.05) is 28.8 Å². The summed E-state index contributed by atoms with van der Waals surface area (Å²) in [5.41, 5.74) is 6.18. The third-order valence-electron chi connectivity index (χ3n) is 5.36. The lowest BCUT2D eigenvalue weighted by Crippen LogP contribution is -2.36. The first-order chi connectivity index (χ1) is 15.7. The number of aliphatic imine (C=N–C) groups is 1. The number of hydrogen-bond acceptors (Lipinski definition) is 4. The maximum atomic E-state index is 13.1. The number of halogens is 1. The number of carbonyl (C=O) groups is 1. The Kier molecular flexibility index (Phi) is 7.76.